The maximum absolute atomic E-state index is 12.6. The average molecular weight is 369 g/mol. The van der Waals surface area contributed by atoms with Crippen LogP contribution in [0.3, 0.4) is 0 Å². The second-order valence-corrected chi connectivity index (χ2v) is 7.83. The average Bonchev–Trinajstić information content (AvgIpc) is 2.80. The van der Waals surface area contributed by atoms with Crippen molar-refractivity contribution >= 4 is 50.8 Å². The molecular formula is C18H15N3O2S2. The van der Waals surface area contributed by atoms with E-state index in [0.29, 0.717) is 22.5 Å². The summed E-state index contributed by atoms with van der Waals surface area (Å²) in [6.45, 7) is 0. The molecule has 4 rings (SSSR count). The number of nitrogens with one attached hydrogen (secondary N) is 1. The Labute approximate surface area is 152 Å². The smallest absolute Gasteiger partial charge is 0.279 e. The molecule has 2 amide bonds. The molecule has 1 aliphatic heterocycles. The predicted molar refractivity (Wildman–Crippen MR) is 101 cm³/mol. The Morgan fingerprint density at radius 1 is 1.24 bits per heavy atom. The van der Waals surface area contributed by atoms with Crippen LogP contribution in [0.25, 0.3) is 10.2 Å². The van der Waals surface area contributed by atoms with E-state index in [1.807, 2.05) is 41.9 Å². The van der Waals surface area contributed by atoms with Crippen molar-refractivity contribution in [3.05, 3.63) is 52.8 Å². The van der Waals surface area contributed by atoms with Gasteiger partial charge in [0.15, 0.2) is 4.80 Å². The zero-order valence-corrected chi connectivity index (χ0v) is 15.1. The first kappa shape index (κ1) is 16.1. The molecule has 0 saturated carbocycles. The molecule has 1 aromatic heterocycles. The first-order valence-corrected chi connectivity index (χ1v) is 9.62. The quantitative estimate of drug-likeness (QED) is 0.715. The molecule has 25 heavy (non-hydrogen) atoms. The molecule has 126 valence electrons. The number of aromatic nitrogens is 1. The predicted octanol–water partition coefficient (Wildman–Crippen LogP) is 3.42. The summed E-state index contributed by atoms with van der Waals surface area (Å²) >= 11 is 3.10. The largest absolute Gasteiger partial charge is 0.325 e. The number of amides is 2. The normalized spacial score (nSPS) is 14.9. The fourth-order valence-corrected chi connectivity index (χ4v) is 4.65. The summed E-state index contributed by atoms with van der Waals surface area (Å²) in [4.78, 5) is 30.2. The number of anilines is 1. The van der Waals surface area contributed by atoms with E-state index in [0.717, 1.165) is 20.9 Å². The molecule has 0 bridgehead atoms. The second kappa shape index (κ2) is 6.50. The lowest BCUT2D eigenvalue weighted by Crippen LogP contribution is -2.14. The van der Waals surface area contributed by atoms with Gasteiger partial charge in [-0.3, -0.25) is 9.59 Å². The summed E-state index contributed by atoms with van der Waals surface area (Å²) in [7, 11) is 1.90. The van der Waals surface area contributed by atoms with Gasteiger partial charge in [-0.2, -0.15) is 4.99 Å². The minimum absolute atomic E-state index is 0.0244. The Morgan fingerprint density at radius 3 is 2.92 bits per heavy atom. The first-order chi connectivity index (χ1) is 12.1. The molecule has 1 aliphatic rings. The molecule has 7 heteroatoms. The van der Waals surface area contributed by atoms with Crippen LogP contribution in [0.5, 0.6) is 0 Å². The van der Waals surface area contributed by atoms with E-state index in [1.54, 1.807) is 23.9 Å². The zero-order valence-electron chi connectivity index (χ0n) is 13.5. The number of nitrogens with zero attached hydrogens (tertiary/aromatic N) is 2. The molecular weight excluding hydrogens is 354 g/mol. The van der Waals surface area contributed by atoms with E-state index in [4.69, 9.17) is 0 Å². The lowest BCUT2D eigenvalue weighted by molar-refractivity contribution is -0.115. The minimum Gasteiger partial charge on any atom is -0.325 e. The number of rotatable bonds is 1. The number of thioether (sulfide) groups is 1. The van der Waals surface area contributed by atoms with Gasteiger partial charge in [0.05, 0.1) is 15.9 Å². The Morgan fingerprint density at radius 2 is 2.08 bits per heavy atom. The van der Waals surface area contributed by atoms with Crippen molar-refractivity contribution < 1.29 is 9.59 Å². The maximum atomic E-state index is 12.6. The molecule has 3 aromatic rings. The Bertz CT molecular complexity index is 1070. The van der Waals surface area contributed by atoms with Gasteiger partial charge >= 0.3 is 0 Å². The standard InChI is InChI=1S/C18H15N3O2S2/c1-21-13-4-2-3-5-15(13)25-18(21)20-17(23)11-6-7-14-12(10-11)19-16(22)8-9-24-14/h2-7,10H,8-9H2,1H3,(H,19,22). The Kier molecular flexibility index (Phi) is 4.19. The fraction of sp³-hybridized carbons (Fsp3) is 0.167. The van der Waals surface area contributed by atoms with Crippen LogP contribution in [0.15, 0.2) is 52.4 Å². The lowest BCUT2D eigenvalue weighted by Gasteiger charge is -2.07. The molecule has 0 saturated heterocycles. The van der Waals surface area contributed by atoms with E-state index in [1.165, 1.54) is 11.3 Å². The van der Waals surface area contributed by atoms with Crippen LogP contribution < -0.4 is 10.1 Å². The third-order valence-electron chi connectivity index (χ3n) is 4.00. The van der Waals surface area contributed by atoms with Gasteiger partial charge in [0.2, 0.25) is 5.91 Å². The van der Waals surface area contributed by atoms with Gasteiger partial charge in [-0.25, -0.2) is 0 Å². The first-order valence-electron chi connectivity index (χ1n) is 7.82. The van der Waals surface area contributed by atoms with E-state index in [2.05, 4.69) is 10.3 Å². The highest BCUT2D eigenvalue weighted by molar-refractivity contribution is 7.99. The number of benzene rings is 2. The van der Waals surface area contributed by atoms with Crippen molar-refractivity contribution in [3.63, 3.8) is 0 Å². The molecule has 0 radical (unpaired) electrons. The molecule has 0 atom stereocenters. The highest BCUT2D eigenvalue weighted by Crippen LogP contribution is 2.31. The van der Waals surface area contributed by atoms with Crippen LogP contribution in [0.1, 0.15) is 16.8 Å². The van der Waals surface area contributed by atoms with Crippen LogP contribution in [0.2, 0.25) is 0 Å². The van der Waals surface area contributed by atoms with Crippen molar-refractivity contribution in [2.45, 2.75) is 11.3 Å². The molecule has 0 spiro atoms. The van der Waals surface area contributed by atoms with Gasteiger partial charge in [-0.05, 0) is 30.3 Å². The molecule has 0 unspecified atom stereocenters. The molecule has 1 N–H and O–H groups in total. The van der Waals surface area contributed by atoms with Gasteiger partial charge in [0.1, 0.15) is 0 Å². The topological polar surface area (TPSA) is 63.5 Å². The third kappa shape index (κ3) is 3.12. The number of para-hydroxylation sites is 1. The summed E-state index contributed by atoms with van der Waals surface area (Å²) in [5.74, 6) is 0.408. The van der Waals surface area contributed by atoms with Crippen molar-refractivity contribution in [3.8, 4) is 0 Å². The van der Waals surface area contributed by atoms with E-state index < -0.39 is 0 Å². The molecule has 0 aliphatic carbocycles. The summed E-state index contributed by atoms with van der Waals surface area (Å²) < 4.78 is 3.00. The minimum atomic E-state index is -0.312. The van der Waals surface area contributed by atoms with Gasteiger partial charge < -0.3 is 9.88 Å². The second-order valence-electron chi connectivity index (χ2n) is 5.69. The number of fused-ring (bicyclic) bond motifs is 2. The van der Waals surface area contributed by atoms with Crippen molar-refractivity contribution in [1.82, 2.24) is 4.57 Å². The number of hydrogen-bond acceptors (Lipinski definition) is 4. The number of aryl methyl sites for hydroxylation is 1. The van der Waals surface area contributed by atoms with Crippen LogP contribution in [0.4, 0.5) is 5.69 Å². The van der Waals surface area contributed by atoms with Gasteiger partial charge in [-0.15, -0.1) is 11.8 Å². The molecule has 2 aromatic carbocycles. The highest BCUT2D eigenvalue weighted by Gasteiger charge is 2.16. The number of thiazole rings is 1. The summed E-state index contributed by atoms with van der Waals surface area (Å²) in [6, 6.07) is 13.3. The number of carbonyl (C=O) groups is 2. The fourth-order valence-electron chi connectivity index (χ4n) is 2.69. The highest BCUT2D eigenvalue weighted by atomic mass is 32.2. The van der Waals surface area contributed by atoms with Gasteiger partial charge in [0.25, 0.3) is 5.91 Å². The van der Waals surface area contributed by atoms with Crippen LogP contribution in [-0.2, 0) is 11.8 Å². The third-order valence-corrected chi connectivity index (χ3v) is 6.19. The van der Waals surface area contributed by atoms with Gasteiger partial charge in [0, 0.05) is 29.7 Å². The molecule has 2 heterocycles. The van der Waals surface area contributed by atoms with Crippen LogP contribution in [0, 0.1) is 0 Å². The van der Waals surface area contributed by atoms with Gasteiger partial charge in [-0.1, -0.05) is 23.5 Å². The van der Waals surface area contributed by atoms with E-state index in [-0.39, 0.29) is 11.8 Å². The SMILES string of the molecule is Cn1c(=NC(=O)c2ccc3c(c2)NC(=O)CCS3)sc2ccccc21. The number of hydrogen-bond donors (Lipinski definition) is 1. The van der Waals surface area contributed by atoms with Crippen LogP contribution >= 0.6 is 23.1 Å². The van der Waals surface area contributed by atoms with E-state index >= 15 is 0 Å². The van der Waals surface area contributed by atoms with Crippen molar-refractivity contribution in [1.29, 1.82) is 0 Å². The monoisotopic (exact) mass is 369 g/mol. The zero-order chi connectivity index (χ0) is 17.4. The summed E-state index contributed by atoms with van der Waals surface area (Å²) in [5, 5.41) is 2.86. The van der Waals surface area contributed by atoms with E-state index in [9.17, 15) is 9.59 Å². The maximum Gasteiger partial charge on any atom is 0.279 e. The summed E-state index contributed by atoms with van der Waals surface area (Å²) in [5.41, 5.74) is 2.21. The molecule has 5 nitrogen and oxygen atoms in total. The lowest BCUT2D eigenvalue weighted by atomic mass is 10.2. The van der Waals surface area contributed by atoms with Crippen molar-refractivity contribution in [2.24, 2.45) is 12.0 Å². The van der Waals surface area contributed by atoms with Crippen LogP contribution in [-0.4, -0.2) is 22.1 Å². The Hall–Kier alpha value is -2.38. The molecule has 0 fully saturated rings. The van der Waals surface area contributed by atoms with Crippen molar-refractivity contribution in [2.75, 3.05) is 11.1 Å². The number of carbonyl (C=O) groups excluding carboxylic acids is 2. The Balaban J connectivity index is 1.73. The summed E-state index contributed by atoms with van der Waals surface area (Å²) in [6.07, 6.45) is 0.477.